The summed E-state index contributed by atoms with van der Waals surface area (Å²) in [6.45, 7) is 0. The predicted octanol–water partition coefficient (Wildman–Crippen LogP) is 7.14. The smallest absolute Gasteiger partial charge is 0.284 e. The lowest BCUT2D eigenvalue weighted by atomic mass is 9.77. The Morgan fingerprint density at radius 2 is 1.44 bits per heavy atom. The average Bonchev–Trinajstić information content (AvgIpc) is 3.45. The summed E-state index contributed by atoms with van der Waals surface area (Å²) in [5.74, 6) is 1.88. The SMILES string of the molecule is COc1ccc(/C=C2\CCCC3C2=NN(C(=NS(=O)(=O)c2ccccc2)c2ccccc2)C3c2ccc(OC)cc2)cc1. The fourth-order valence-electron chi connectivity index (χ4n) is 5.78. The summed E-state index contributed by atoms with van der Waals surface area (Å²) in [7, 11) is -0.732. The Kier molecular flexibility index (Phi) is 8.11. The van der Waals surface area contributed by atoms with Gasteiger partial charge >= 0.3 is 0 Å². The van der Waals surface area contributed by atoms with Gasteiger partial charge in [-0.05, 0) is 78.4 Å². The maximum atomic E-state index is 13.7. The van der Waals surface area contributed by atoms with Gasteiger partial charge in [0.15, 0.2) is 5.84 Å². The first-order valence-corrected chi connectivity index (χ1v) is 15.7. The third-order valence-electron chi connectivity index (χ3n) is 7.91. The number of amidine groups is 1. The largest absolute Gasteiger partial charge is 0.497 e. The van der Waals surface area contributed by atoms with E-state index in [1.807, 2.05) is 83.9 Å². The van der Waals surface area contributed by atoms with Crippen LogP contribution in [-0.2, 0) is 10.0 Å². The number of hydrogen-bond donors (Lipinski definition) is 0. The van der Waals surface area contributed by atoms with E-state index in [0.29, 0.717) is 5.56 Å². The third kappa shape index (κ3) is 5.96. The van der Waals surface area contributed by atoms with Crippen molar-refractivity contribution >= 4 is 27.6 Å². The van der Waals surface area contributed by atoms with Gasteiger partial charge in [-0.2, -0.15) is 13.5 Å². The number of methoxy groups -OCH3 is 2. The Morgan fingerprint density at radius 1 is 0.837 bits per heavy atom. The summed E-state index contributed by atoms with van der Waals surface area (Å²) in [6, 6.07) is 33.4. The third-order valence-corrected chi connectivity index (χ3v) is 9.19. The molecule has 0 radical (unpaired) electrons. The minimum absolute atomic E-state index is 0.0417. The van der Waals surface area contributed by atoms with Crippen molar-refractivity contribution in [1.82, 2.24) is 5.01 Å². The Bertz CT molecular complexity index is 1770. The fourth-order valence-corrected chi connectivity index (χ4v) is 6.81. The lowest BCUT2D eigenvalue weighted by Gasteiger charge is -2.31. The van der Waals surface area contributed by atoms with Gasteiger partial charge in [0.25, 0.3) is 10.0 Å². The second kappa shape index (κ2) is 12.3. The highest BCUT2D eigenvalue weighted by molar-refractivity contribution is 7.90. The van der Waals surface area contributed by atoms with Gasteiger partial charge in [-0.25, -0.2) is 5.01 Å². The molecule has 2 unspecified atom stereocenters. The molecule has 6 rings (SSSR count). The van der Waals surface area contributed by atoms with Gasteiger partial charge in [-0.1, -0.05) is 72.8 Å². The quantitative estimate of drug-likeness (QED) is 0.169. The Morgan fingerprint density at radius 3 is 2.07 bits per heavy atom. The van der Waals surface area contributed by atoms with Crippen LogP contribution in [0.2, 0.25) is 0 Å². The first-order valence-electron chi connectivity index (χ1n) is 14.3. The highest BCUT2D eigenvalue weighted by Gasteiger charge is 2.43. The molecule has 1 aliphatic heterocycles. The number of hydrogen-bond acceptors (Lipinski definition) is 5. The van der Waals surface area contributed by atoms with Crippen LogP contribution in [0, 0.1) is 5.92 Å². The van der Waals surface area contributed by atoms with Crippen LogP contribution < -0.4 is 9.47 Å². The zero-order chi connectivity index (χ0) is 29.8. The predicted molar refractivity (Wildman–Crippen MR) is 170 cm³/mol. The van der Waals surface area contributed by atoms with Gasteiger partial charge in [0.2, 0.25) is 0 Å². The van der Waals surface area contributed by atoms with Crippen molar-refractivity contribution in [2.24, 2.45) is 15.4 Å². The van der Waals surface area contributed by atoms with E-state index in [4.69, 9.17) is 14.6 Å². The summed E-state index contributed by atoms with van der Waals surface area (Å²) >= 11 is 0. The molecule has 2 atom stereocenters. The summed E-state index contributed by atoms with van der Waals surface area (Å²) in [6.07, 6.45) is 4.97. The van der Waals surface area contributed by atoms with E-state index in [-0.39, 0.29) is 22.7 Å². The minimum atomic E-state index is -4.03. The van der Waals surface area contributed by atoms with Gasteiger partial charge in [0.1, 0.15) is 11.5 Å². The maximum Gasteiger partial charge on any atom is 0.284 e. The zero-order valence-corrected chi connectivity index (χ0v) is 24.9. The second-order valence-corrected chi connectivity index (χ2v) is 12.2. The summed E-state index contributed by atoms with van der Waals surface area (Å²) in [4.78, 5) is 0.133. The Labute approximate surface area is 252 Å². The van der Waals surface area contributed by atoms with Crippen LogP contribution in [0.15, 0.2) is 129 Å². The number of rotatable bonds is 7. The lowest BCUT2D eigenvalue weighted by molar-refractivity contribution is 0.304. The first-order chi connectivity index (χ1) is 21.0. The van der Waals surface area contributed by atoms with E-state index in [1.165, 1.54) is 0 Å². The second-order valence-electron chi connectivity index (χ2n) is 10.6. The molecule has 4 aromatic carbocycles. The van der Waals surface area contributed by atoms with Crippen LogP contribution in [0.1, 0.15) is 42.0 Å². The van der Waals surface area contributed by atoms with Gasteiger partial charge in [-0.3, -0.25) is 0 Å². The molecule has 4 aromatic rings. The van der Waals surface area contributed by atoms with Crippen LogP contribution in [0.25, 0.3) is 6.08 Å². The molecular weight excluding hydrogens is 558 g/mol. The number of nitrogens with zero attached hydrogens (tertiary/aromatic N) is 3. The number of benzene rings is 4. The van der Waals surface area contributed by atoms with Crippen LogP contribution in [0.4, 0.5) is 0 Å². The van der Waals surface area contributed by atoms with Crippen molar-refractivity contribution in [3.63, 3.8) is 0 Å². The van der Waals surface area contributed by atoms with Crippen LogP contribution >= 0.6 is 0 Å². The van der Waals surface area contributed by atoms with E-state index in [1.54, 1.807) is 44.6 Å². The topological polar surface area (TPSA) is 80.6 Å². The fraction of sp³-hybridized carbons (Fsp3) is 0.200. The molecule has 0 N–H and O–H groups in total. The molecule has 1 heterocycles. The minimum Gasteiger partial charge on any atom is -0.497 e. The van der Waals surface area contributed by atoms with Crippen molar-refractivity contribution in [3.8, 4) is 11.5 Å². The molecule has 1 fully saturated rings. The number of hydrazone groups is 1. The normalized spacial score (nSPS) is 19.6. The van der Waals surface area contributed by atoms with Crippen molar-refractivity contribution in [1.29, 1.82) is 0 Å². The van der Waals surface area contributed by atoms with E-state index in [2.05, 4.69) is 10.5 Å². The van der Waals surface area contributed by atoms with Crippen molar-refractivity contribution in [2.75, 3.05) is 14.2 Å². The molecule has 1 saturated carbocycles. The lowest BCUT2D eigenvalue weighted by Crippen LogP contribution is -2.33. The first kappa shape index (κ1) is 28.4. The molecule has 8 heteroatoms. The van der Waals surface area contributed by atoms with Crippen LogP contribution in [0.5, 0.6) is 11.5 Å². The molecule has 218 valence electrons. The van der Waals surface area contributed by atoms with Crippen molar-refractivity contribution < 1.29 is 17.9 Å². The number of sulfonamides is 1. The highest BCUT2D eigenvalue weighted by Crippen LogP contribution is 2.45. The zero-order valence-electron chi connectivity index (χ0n) is 24.1. The molecule has 0 spiro atoms. The number of ether oxygens (including phenoxy) is 2. The van der Waals surface area contributed by atoms with E-state index in [0.717, 1.165) is 53.2 Å². The van der Waals surface area contributed by atoms with Crippen molar-refractivity contribution in [3.05, 3.63) is 131 Å². The Balaban J connectivity index is 1.52. The molecule has 0 saturated heterocycles. The molecular formula is C35H33N3O4S. The van der Waals surface area contributed by atoms with Crippen molar-refractivity contribution in [2.45, 2.75) is 30.2 Å². The summed E-state index contributed by atoms with van der Waals surface area (Å²) in [5.41, 5.74) is 4.84. The standard InChI is InChI=1S/C35H33N3O4S/c1-41-29-20-16-25(17-21-29)24-28-12-9-15-32-33(28)36-38(34(32)26-18-22-30(42-2)23-19-26)35(27-10-5-3-6-11-27)37-43(39,40)31-13-7-4-8-14-31/h3-8,10-11,13-14,16-24,32,34H,9,12,15H2,1-2H3/b28-24+,37-35?. The molecule has 43 heavy (non-hydrogen) atoms. The highest BCUT2D eigenvalue weighted by atomic mass is 32.2. The number of fused-ring (bicyclic) bond motifs is 1. The Hall–Kier alpha value is -4.69. The summed E-state index contributed by atoms with van der Waals surface area (Å²) < 4.78 is 42.6. The van der Waals surface area contributed by atoms with E-state index >= 15 is 0 Å². The molecule has 1 aliphatic carbocycles. The molecule has 7 nitrogen and oxygen atoms in total. The summed E-state index contributed by atoms with van der Waals surface area (Å²) in [5, 5.41) is 7.03. The van der Waals surface area contributed by atoms with Crippen LogP contribution in [-0.4, -0.2) is 39.2 Å². The average molecular weight is 592 g/mol. The molecule has 0 aromatic heterocycles. The van der Waals surface area contributed by atoms with Gasteiger partial charge in [0.05, 0.1) is 30.9 Å². The monoisotopic (exact) mass is 591 g/mol. The maximum absolute atomic E-state index is 13.7. The van der Waals surface area contributed by atoms with E-state index in [9.17, 15) is 8.42 Å². The molecule has 2 aliphatic rings. The van der Waals surface area contributed by atoms with Gasteiger partial charge in [-0.15, -0.1) is 4.40 Å². The molecule has 0 bridgehead atoms. The number of allylic oxidation sites excluding steroid dienone is 1. The van der Waals surface area contributed by atoms with Gasteiger partial charge in [0, 0.05) is 11.5 Å². The molecule has 0 amide bonds. The van der Waals surface area contributed by atoms with Crippen LogP contribution in [0.3, 0.4) is 0 Å². The van der Waals surface area contributed by atoms with E-state index < -0.39 is 10.0 Å². The van der Waals surface area contributed by atoms with Gasteiger partial charge < -0.3 is 9.47 Å².